The van der Waals surface area contributed by atoms with Crippen LogP contribution in [0.4, 0.5) is 0 Å². The maximum absolute atomic E-state index is 11.6. The van der Waals surface area contributed by atoms with Crippen LogP contribution < -0.4 is 5.32 Å². The molecular formula is C12H23NO2. The van der Waals surface area contributed by atoms with Gasteiger partial charge in [-0.25, -0.2) is 0 Å². The summed E-state index contributed by atoms with van der Waals surface area (Å²) in [6, 6.07) is 0. The van der Waals surface area contributed by atoms with Crippen molar-refractivity contribution in [1.82, 2.24) is 5.32 Å². The van der Waals surface area contributed by atoms with Crippen molar-refractivity contribution in [2.24, 2.45) is 5.92 Å². The van der Waals surface area contributed by atoms with E-state index in [2.05, 4.69) is 19.2 Å². The van der Waals surface area contributed by atoms with Crippen LogP contribution in [0.2, 0.25) is 0 Å². The van der Waals surface area contributed by atoms with Crippen molar-refractivity contribution >= 4 is 5.91 Å². The van der Waals surface area contributed by atoms with Crippen molar-refractivity contribution in [3.63, 3.8) is 0 Å². The highest BCUT2D eigenvalue weighted by Crippen LogP contribution is 2.25. The Morgan fingerprint density at radius 1 is 1.33 bits per heavy atom. The zero-order chi connectivity index (χ0) is 11.1. The lowest BCUT2D eigenvalue weighted by Gasteiger charge is -2.35. The van der Waals surface area contributed by atoms with Crippen LogP contribution in [0.15, 0.2) is 0 Å². The zero-order valence-electron chi connectivity index (χ0n) is 9.92. The molecule has 0 aromatic heterocycles. The third-order valence-corrected chi connectivity index (χ3v) is 2.93. The Hall–Kier alpha value is -0.570. The molecule has 1 N–H and O–H groups in total. The van der Waals surface area contributed by atoms with Crippen molar-refractivity contribution in [2.45, 2.75) is 52.1 Å². The number of carbonyl (C=O) groups is 1. The lowest BCUT2D eigenvalue weighted by molar-refractivity contribution is -0.161. The fraction of sp³-hybridized carbons (Fsp3) is 0.917. The molecule has 0 radical (unpaired) electrons. The van der Waals surface area contributed by atoms with Gasteiger partial charge in [-0.15, -0.1) is 0 Å². The molecule has 1 fully saturated rings. The van der Waals surface area contributed by atoms with Gasteiger partial charge >= 0.3 is 0 Å². The second-order valence-corrected chi connectivity index (χ2v) is 4.30. The van der Waals surface area contributed by atoms with Crippen LogP contribution in [-0.4, -0.2) is 25.2 Å². The number of amides is 1. The quantitative estimate of drug-likeness (QED) is 0.658. The van der Waals surface area contributed by atoms with E-state index in [9.17, 15) is 4.79 Å². The molecule has 3 heteroatoms. The average Bonchev–Trinajstić information content (AvgIpc) is 2.17. The van der Waals surface area contributed by atoms with Crippen molar-refractivity contribution in [2.75, 3.05) is 13.2 Å². The van der Waals surface area contributed by atoms with E-state index in [-0.39, 0.29) is 12.0 Å². The van der Waals surface area contributed by atoms with E-state index in [1.54, 1.807) is 0 Å². The molecule has 0 aromatic carbocycles. The molecular weight excluding hydrogens is 190 g/mol. The molecule has 0 aliphatic carbocycles. The summed E-state index contributed by atoms with van der Waals surface area (Å²) in [6.45, 7) is 5.85. The van der Waals surface area contributed by atoms with Gasteiger partial charge in [0.1, 0.15) is 6.10 Å². The first-order chi connectivity index (χ1) is 7.29. The van der Waals surface area contributed by atoms with Crippen molar-refractivity contribution in [1.29, 1.82) is 0 Å². The third kappa shape index (κ3) is 3.82. The molecule has 1 aliphatic rings. The zero-order valence-corrected chi connectivity index (χ0v) is 9.92. The largest absolute Gasteiger partial charge is 0.368 e. The Balaban J connectivity index is 2.16. The van der Waals surface area contributed by atoms with E-state index in [1.807, 2.05) is 0 Å². The Bertz CT molecular complexity index is 194. The summed E-state index contributed by atoms with van der Waals surface area (Å²) in [5.74, 6) is 0.558. The summed E-state index contributed by atoms with van der Waals surface area (Å²) in [6.07, 6.45) is 5.53. The number of hydrogen-bond donors (Lipinski definition) is 1. The predicted molar refractivity (Wildman–Crippen MR) is 60.7 cm³/mol. The third-order valence-electron chi connectivity index (χ3n) is 2.93. The maximum Gasteiger partial charge on any atom is 0.249 e. The number of ether oxygens (including phenoxy) is 1. The molecule has 1 aliphatic heterocycles. The number of rotatable bonds is 7. The van der Waals surface area contributed by atoms with E-state index in [1.165, 1.54) is 12.8 Å². The molecule has 15 heavy (non-hydrogen) atoms. The molecule has 0 bridgehead atoms. The fourth-order valence-corrected chi connectivity index (χ4v) is 1.81. The lowest BCUT2D eigenvalue weighted by Crippen LogP contribution is -2.50. The van der Waals surface area contributed by atoms with Crippen LogP contribution >= 0.6 is 0 Å². The van der Waals surface area contributed by atoms with Crippen LogP contribution in [-0.2, 0) is 9.53 Å². The highest BCUT2D eigenvalue weighted by molar-refractivity contribution is 5.81. The van der Waals surface area contributed by atoms with Crippen molar-refractivity contribution < 1.29 is 9.53 Å². The second kappa shape index (κ2) is 6.83. The summed E-state index contributed by atoms with van der Waals surface area (Å²) in [4.78, 5) is 11.6. The summed E-state index contributed by atoms with van der Waals surface area (Å²) < 4.78 is 5.32. The standard InChI is InChI=1S/C12H23NO2/c1-3-5-7-10-9-15-11(10)12(14)13-8-6-4-2/h10-11H,3-9H2,1-2H3,(H,13,14)/t10-,11-/m0/s1. The summed E-state index contributed by atoms with van der Waals surface area (Å²) in [7, 11) is 0. The van der Waals surface area contributed by atoms with Gasteiger partial charge in [-0.1, -0.05) is 33.1 Å². The molecule has 2 atom stereocenters. The first-order valence-electron chi connectivity index (χ1n) is 6.18. The van der Waals surface area contributed by atoms with Crippen LogP contribution in [0.1, 0.15) is 46.0 Å². The monoisotopic (exact) mass is 213 g/mol. The molecule has 0 unspecified atom stereocenters. The van der Waals surface area contributed by atoms with Gasteiger partial charge in [0.2, 0.25) is 5.91 Å². The minimum atomic E-state index is -0.159. The molecule has 3 nitrogen and oxygen atoms in total. The molecule has 1 rings (SSSR count). The van der Waals surface area contributed by atoms with Crippen molar-refractivity contribution in [3.05, 3.63) is 0 Å². The number of nitrogens with one attached hydrogen (secondary N) is 1. The Morgan fingerprint density at radius 2 is 2.07 bits per heavy atom. The molecule has 88 valence electrons. The molecule has 1 amide bonds. The van der Waals surface area contributed by atoms with Crippen LogP contribution in [0.5, 0.6) is 0 Å². The normalized spacial score (nSPS) is 24.7. The van der Waals surface area contributed by atoms with Gasteiger partial charge in [-0.05, 0) is 12.8 Å². The lowest BCUT2D eigenvalue weighted by atomic mass is 9.91. The highest BCUT2D eigenvalue weighted by atomic mass is 16.5. The van der Waals surface area contributed by atoms with Gasteiger partial charge in [-0.3, -0.25) is 4.79 Å². The van der Waals surface area contributed by atoms with Crippen molar-refractivity contribution in [3.8, 4) is 0 Å². The molecule has 1 heterocycles. The Labute approximate surface area is 92.6 Å². The minimum Gasteiger partial charge on any atom is -0.368 e. The molecule has 1 saturated heterocycles. The van der Waals surface area contributed by atoms with Gasteiger partial charge in [0.25, 0.3) is 0 Å². The average molecular weight is 213 g/mol. The van der Waals surface area contributed by atoms with Gasteiger partial charge in [0, 0.05) is 12.5 Å². The van der Waals surface area contributed by atoms with E-state index in [0.717, 1.165) is 32.4 Å². The van der Waals surface area contributed by atoms with Gasteiger partial charge < -0.3 is 10.1 Å². The highest BCUT2D eigenvalue weighted by Gasteiger charge is 2.36. The van der Waals surface area contributed by atoms with Gasteiger partial charge in [0.15, 0.2) is 0 Å². The van der Waals surface area contributed by atoms with E-state index >= 15 is 0 Å². The molecule has 0 aromatic rings. The Kier molecular flexibility index (Phi) is 5.69. The molecule has 0 spiro atoms. The van der Waals surface area contributed by atoms with Crippen LogP contribution in [0, 0.1) is 5.92 Å². The Morgan fingerprint density at radius 3 is 2.60 bits per heavy atom. The molecule has 0 saturated carbocycles. The SMILES string of the molecule is CCCCNC(=O)[C@H]1OC[C@@H]1CCCC. The van der Waals surface area contributed by atoms with Gasteiger partial charge in [-0.2, -0.15) is 0 Å². The second-order valence-electron chi connectivity index (χ2n) is 4.30. The fourth-order valence-electron chi connectivity index (χ4n) is 1.81. The number of carbonyl (C=O) groups excluding carboxylic acids is 1. The van der Waals surface area contributed by atoms with E-state index in [4.69, 9.17) is 4.74 Å². The number of unbranched alkanes of at least 4 members (excludes halogenated alkanes) is 2. The summed E-state index contributed by atoms with van der Waals surface area (Å²) in [5.41, 5.74) is 0. The van der Waals surface area contributed by atoms with E-state index in [0.29, 0.717) is 5.92 Å². The summed E-state index contributed by atoms with van der Waals surface area (Å²) >= 11 is 0. The number of hydrogen-bond acceptors (Lipinski definition) is 2. The maximum atomic E-state index is 11.6. The first-order valence-corrected chi connectivity index (χ1v) is 6.18. The minimum absolute atomic E-state index is 0.0933. The predicted octanol–water partition coefficient (Wildman–Crippen LogP) is 2.11. The van der Waals surface area contributed by atoms with Crippen LogP contribution in [0.25, 0.3) is 0 Å². The van der Waals surface area contributed by atoms with E-state index < -0.39 is 0 Å². The topological polar surface area (TPSA) is 38.3 Å². The first kappa shape index (κ1) is 12.5. The van der Waals surface area contributed by atoms with Crippen LogP contribution in [0.3, 0.4) is 0 Å². The summed E-state index contributed by atoms with van der Waals surface area (Å²) in [5, 5.41) is 2.93. The smallest absolute Gasteiger partial charge is 0.249 e. The van der Waals surface area contributed by atoms with Gasteiger partial charge in [0.05, 0.1) is 6.61 Å².